The molecule has 0 amide bonds. The van der Waals surface area contributed by atoms with Crippen LogP contribution in [0.5, 0.6) is 0 Å². The van der Waals surface area contributed by atoms with Crippen LogP contribution in [0.15, 0.2) is 34.8 Å². The molecule has 1 atom stereocenters. The van der Waals surface area contributed by atoms with E-state index in [1.807, 2.05) is 51.1 Å². The van der Waals surface area contributed by atoms with Crippen LogP contribution in [0.3, 0.4) is 0 Å². The molecule has 1 heterocycles. The zero-order chi connectivity index (χ0) is 13.3. The van der Waals surface area contributed by atoms with Gasteiger partial charge < -0.3 is 0 Å². The second-order valence-electron chi connectivity index (χ2n) is 4.42. The molecule has 94 valence electrons. The fourth-order valence-corrected chi connectivity index (χ4v) is 2.27. The van der Waals surface area contributed by atoms with Crippen LogP contribution < -0.4 is 0 Å². The van der Waals surface area contributed by atoms with E-state index >= 15 is 0 Å². The Bertz CT molecular complexity index is 572. The second kappa shape index (κ2) is 5.06. The first kappa shape index (κ1) is 13.0. The average molecular weight is 307 g/mol. The Kier molecular flexibility index (Phi) is 3.66. The molecule has 2 rings (SSSR count). The number of carbonyl (C=O) groups excluding carboxylic acids is 1. The monoisotopic (exact) mass is 306 g/mol. The number of hydrogen-bond donors (Lipinski definition) is 0. The van der Waals surface area contributed by atoms with Crippen molar-refractivity contribution in [1.29, 1.82) is 0 Å². The minimum atomic E-state index is -0.278. The van der Waals surface area contributed by atoms with Crippen molar-refractivity contribution in [2.45, 2.75) is 26.8 Å². The molecule has 3 nitrogen and oxygen atoms in total. The highest BCUT2D eigenvalue weighted by atomic mass is 79.9. The Morgan fingerprint density at radius 1 is 1.28 bits per heavy atom. The molecule has 0 aliphatic carbocycles. The molecular formula is C14H15BrN2O. The lowest BCUT2D eigenvalue weighted by atomic mass is 10.1. The molecule has 0 fully saturated rings. The Hall–Kier alpha value is -1.42. The molecule has 0 saturated heterocycles. The van der Waals surface area contributed by atoms with Gasteiger partial charge in [-0.25, -0.2) is 0 Å². The van der Waals surface area contributed by atoms with Gasteiger partial charge in [-0.1, -0.05) is 28.1 Å². The molecule has 1 aromatic heterocycles. The lowest BCUT2D eigenvalue weighted by Crippen LogP contribution is -2.19. The number of ketones is 1. The van der Waals surface area contributed by atoms with Crippen LogP contribution in [0, 0.1) is 13.8 Å². The summed E-state index contributed by atoms with van der Waals surface area (Å²) in [5, 5.41) is 4.36. The maximum Gasteiger partial charge on any atom is 0.187 e. The molecule has 1 unspecified atom stereocenters. The summed E-state index contributed by atoms with van der Waals surface area (Å²) in [5.41, 5.74) is 2.65. The summed E-state index contributed by atoms with van der Waals surface area (Å²) in [6.07, 6.45) is 0. The molecule has 0 spiro atoms. The van der Waals surface area contributed by atoms with Crippen molar-refractivity contribution in [2.24, 2.45) is 0 Å². The fraction of sp³-hybridized carbons (Fsp3) is 0.286. The van der Waals surface area contributed by atoms with E-state index in [4.69, 9.17) is 0 Å². The Balaban J connectivity index is 2.29. The molecule has 4 heteroatoms. The summed E-state index contributed by atoms with van der Waals surface area (Å²) in [5.74, 6) is 0.0775. The van der Waals surface area contributed by atoms with E-state index in [0.717, 1.165) is 15.9 Å². The van der Waals surface area contributed by atoms with Crippen molar-refractivity contribution < 1.29 is 4.79 Å². The highest BCUT2D eigenvalue weighted by molar-refractivity contribution is 9.10. The summed E-state index contributed by atoms with van der Waals surface area (Å²) in [4.78, 5) is 12.3. The van der Waals surface area contributed by atoms with Crippen LogP contribution in [0.25, 0.3) is 0 Å². The quantitative estimate of drug-likeness (QED) is 0.810. The van der Waals surface area contributed by atoms with E-state index in [2.05, 4.69) is 21.0 Å². The largest absolute Gasteiger partial charge is 0.292 e. The van der Waals surface area contributed by atoms with Gasteiger partial charge in [0, 0.05) is 15.7 Å². The summed E-state index contributed by atoms with van der Waals surface area (Å²) >= 11 is 3.36. The van der Waals surface area contributed by atoms with Crippen LogP contribution in [-0.4, -0.2) is 15.6 Å². The predicted molar refractivity (Wildman–Crippen MR) is 74.9 cm³/mol. The lowest BCUT2D eigenvalue weighted by Gasteiger charge is -2.13. The number of halogens is 1. The molecule has 0 bridgehead atoms. The Morgan fingerprint density at radius 3 is 2.39 bits per heavy atom. The number of Topliss-reactive ketones (excluding diaryl/α,β-unsaturated/α-hetero) is 1. The van der Waals surface area contributed by atoms with Crippen LogP contribution in [-0.2, 0) is 0 Å². The zero-order valence-electron chi connectivity index (χ0n) is 10.6. The summed E-state index contributed by atoms with van der Waals surface area (Å²) < 4.78 is 2.75. The predicted octanol–water partition coefficient (Wildman–Crippen LogP) is 3.71. The van der Waals surface area contributed by atoms with Crippen LogP contribution in [0.2, 0.25) is 0 Å². The second-order valence-corrected chi connectivity index (χ2v) is 5.33. The van der Waals surface area contributed by atoms with Crippen LogP contribution in [0.1, 0.15) is 34.7 Å². The highest BCUT2D eigenvalue weighted by Gasteiger charge is 2.19. The SMILES string of the molecule is Cc1cc(C)n(C(C)C(=O)c2ccc(Br)cc2)n1. The number of carbonyl (C=O) groups is 1. The van der Waals surface area contributed by atoms with E-state index < -0.39 is 0 Å². The van der Waals surface area contributed by atoms with Crippen molar-refractivity contribution >= 4 is 21.7 Å². The van der Waals surface area contributed by atoms with Gasteiger partial charge in [-0.05, 0) is 39.0 Å². The molecule has 0 N–H and O–H groups in total. The fourth-order valence-electron chi connectivity index (χ4n) is 2.00. The molecule has 0 aliphatic rings. The topological polar surface area (TPSA) is 34.9 Å². The van der Waals surface area contributed by atoms with Gasteiger partial charge in [0.1, 0.15) is 6.04 Å². The van der Waals surface area contributed by atoms with Crippen LogP contribution in [0.4, 0.5) is 0 Å². The van der Waals surface area contributed by atoms with Gasteiger partial charge in [-0.15, -0.1) is 0 Å². The van der Waals surface area contributed by atoms with E-state index in [1.165, 1.54) is 0 Å². The van der Waals surface area contributed by atoms with Crippen molar-refractivity contribution in [2.75, 3.05) is 0 Å². The zero-order valence-corrected chi connectivity index (χ0v) is 12.2. The maximum atomic E-state index is 12.3. The minimum absolute atomic E-state index is 0.0775. The van der Waals surface area contributed by atoms with Gasteiger partial charge >= 0.3 is 0 Å². The molecular weight excluding hydrogens is 292 g/mol. The molecule has 1 aromatic carbocycles. The highest BCUT2D eigenvalue weighted by Crippen LogP contribution is 2.18. The van der Waals surface area contributed by atoms with Crippen molar-refractivity contribution in [3.05, 3.63) is 51.8 Å². The van der Waals surface area contributed by atoms with E-state index in [9.17, 15) is 4.79 Å². The third kappa shape index (κ3) is 2.53. The van der Waals surface area contributed by atoms with E-state index in [-0.39, 0.29) is 11.8 Å². The first-order chi connectivity index (χ1) is 8.49. The number of benzene rings is 1. The average Bonchev–Trinajstić information content (AvgIpc) is 2.67. The van der Waals surface area contributed by atoms with Crippen molar-refractivity contribution in [3.8, 4) is 0 Å². The normalized spacial score (nSPS) is 12.4. The number of aryl methyl sites for hydroxylation is 2. The minimum Gasteiger partial charge on any atom is -0.292 e. The number of nitrogens with zero attached hydrogens (tertiary/aromatic N) is 2. The Labute approximate surface area is 115 Å². The third-order valence-electron chi connectivity index (χ3n) is 2.92. The number of rotatable bonds is 3. The molecule has 18 heavy (non-hydrogen) atoms. The first-order valence-electron chi connectivity index (χ1n) is 5.81. The van der Waals surface area contributed by atoms with Gasteiger partial charge in [-0.3, -0.25) is 9.48 Å². The summed E-state index contributed by atoms with van der Waals surface area (Å²) in [6, 6.07) is 9.11. The van der Waals surface area contributed by atoms with E-state index in [0.29, 0.717) is 5.56 Å². The Morgan fingerprint density at radius 2 is 1.89 bits per heavy atom. The van der Waals surface area contributed by atoms with Gasteiger partial charge in [0.2, 0.25) is 0 Å². The third-order valence-corrected chi connectivity index (χ3v) is 3.45. The molecule has 2 aromatic rings. The number of hydrogen-bond acceptors (Lipinski definition) is 2. The van der Waals surface area contributed by atoms with Gasteiger partial charge in [0.05, 0.1) is 5.69 Å². The van der Waals surface area contributed by atoms with Crippen molar-refractivity contribution in [1.82, 2.24) is 9.78 Å². The summed E-state index contributed by atoms with van der Waals surface area (Å²) in [7, 11) is 0. The molecule has 0 radical (unpaired) electrons. The lowest BCUT2D eigenvalue weighted by molar-refractivity contribution is 0.0926. The number of aromatic nitrogens is 2. The molecule has 0 aliphatic heterocycles. The first-order valence-corrected chi connectivity index (χ1v) is 6.61. The smallest absolute Gasteiger partial charge is 0.187 e. The summed E-state index contributed by atoms with van der Waals surface area (Å²) in [6.45, 7) is 5.77. The van der Waals surface area contributed by atoms with E-state index in [1.54, 1.807) is 4.68 Å². The van der Waals surface area contributed by atoms with Gasteiger partial charge in [0.25, 0.3) is 0 Å². The van der Waals surface area contributed by atoms with Gasteiger partial charge in [0.15, 0.2) is 5.78 Å². The molecule has 0 saturated carbocycles. The van der Waals surface area contributed by atoms with Crippen LogP contribution >= 0.6 is 15.9 Å². The van der Waals surface area contributed by atoms with Crippen molar-refractivity contribution in [3.63, 3.8) is 0 Å². The standard InChI is InChI=1S/C14H15BrN2O/c1-9-8-10(2)17(16-9)11(3)14(18)12-4-6-13(15)7-5-12/h4-8,11H,1-3H3. The van der Waals surface area contributed by atoms with Gasteiger partial charge in [-0.2, -0.15) is 5.10 Å². The maximum absolute atomic E-state index is 12.3.